The first kappa shape index (κ1) is 20.3. The second kappa shape index (κ2) is 8.02. The second-order valence-corrected chi connectivity index (χ2v) is 7.85. The zero-order valence-electron chi connectivity index (χ0n) is 16.9. The lowest BCUT2D eigenvalue weighted by Gasteiger charge is -2.40. The van der Waals surface area contributed by atoms with E-state index in [4.69, 9.17) is 21.1 Å². The molecule has 2 aromatic carbocycles. The predicted molar refractivity (Wildman–Crippen MR) is 116 cm³/mol. The summed E-state index contributed by atoms with van der Waals surface area (Å²) in [7, 11) is 3.18. The van der Waals surface area contributed by atoms with Crippen LogP contribution in [0.2, 0.25) is 5.02 Å². The van der Waals surface area contributed by atoms with E-state index in [9.17, 15) is 10.4 Å². The third kappa shape index (κ3) is 3.62. The monoisotopic (exact) mass is 423 g/mol. The summed E-state index contributed by atoms with van der Waals surface area (Å²) in [4.78, 5) is 6.51. The Morgan fingerprint density at radius 3 is 2.37 bits per heavy atom. The fourth-order valence-electron chi connectivity index (χ4n) is 4.04. The van der Waals surface area contributed by atoms with E-state index < -0.39 is 5.60 Å². The molecule has 0 atom stereocenters. The number of piperidine rings is 1. The Morgan fingerprint density at radius 1 is 1.10 bits per heavy atom. The molecule has 0 aliphatic carbocycles. The molecule has 7 heteroatoms. The van der Waals surface area contributed by atoms with E-state index >= 15 is 0 Å². The van der Waals surface area contributed by atoms with Gasteiger partial charge in [-0.25, -0.2) is 0 Å². The van der Waals surface area contributed by atoms with E-state index in [0.717, 1.165) is 22.2 Å². The van der Waals surface area contributed by atoms with E-state index in [1.54, 1.807) is 32.5 Å². The number of rotatable bonds is 4. The second-order valence-electron chi connectivity index (χ2n) is 7.41. The van der Waals surface area contributed by atoms with Crippen molar-refractivity contribution in [2.45, 2.75) is 18.4 Å². The van der Waals surface area contributed by atoms with Gasteiger partial charge in [0.2, 0.25) is 0 Å². The minimum atomic E-state index is -1.01. The van der Waals surface area contributed by atoms with Gasteiger partial charge in [0.1, 0.15) is 17.6 Å². The molecule has 1 aromatic heterocycles. The summed E-state index contributed by atoms with van der Waals surface area (Å²) in [6.07, 6.45) is 2.59. The van der Waals surface area contributed by atoms with Crippen LogP contribution in [0.25, 0.3) is 10.9 Å². The number of hydrogen-bond donors (Lipinski definition) is 1. The molecular formula is C23H22ClN3O3. The standard InChI is InChI=1S/C23H22ClN3O3/c1-29-18-9-16(10-19(12-18)30-2)23(28)5-7-27(8-6-23)22-15(13-25)14-26-21-4-3-17(24)11-20(21)22/h3-4,9-12,14,28H,5-8H2,1-2H3. The highest BCUT2D eigenvalue weighted by Crippen LogP contribution is 2.40. The fourth-order valence-corrected chi connectivity index (χ4v) is 4.21. The quantitative estimate of drug-likeness (QED) is 0.675. The average molecular weight is 424 g/mol. The Morgan fingerprint density at radius 2 is 1.77 bits per heavy atom. The third-order valence-electron chi connectivity index (χ3n) is 5.72. The number of halogens is 1. The summed E-state index contributed by atoms with van der Waals surface area (Å²) in [5.41, 5.74) is 1.85. The number of ether oxygens (including phenoxy) is 2. The molecule has 0 radical (unpaired) electrons. The van der Waals surface area contributed by atoms with Crippen LogP contribution in [0.15, 0.2) is 42.6 Å². The van der Waals surface area contributed by atoms with E-state index in [1.807, 2.05) is 24.3 Å². The molecule has 154 valence electrons. The number of anilines is 1. The number of methoxy groups -OCH3 is 2. The third-order valence-corrected chi connectivity index (χ3v) is 5.95. The van der Waals surface area contributed by atoms with Gasteiger partial charge in [-0.1, -0.05) is 11.6 Å². The fraction of sp³-hybridized carbons (Fsp3) is 0.304. The van der Waals surface area contributed by atoms with Crippen molar-refractivity contribution in [3.8, 4) is 17.6 Å². The Bertz CT molecular complexity index is 1110. The first-order valence-corrected chi connectivity index (χ1v) is 10.0. The molecule has 1 saturated heterocycles. The number of benzene rings is 2. The molecule has 0 amide bonds. The summed E-state index contributed by atoms with van der Waals surface area (Å²) >= 11 is 6.21. The van der Waals surface area contributed by atoms with Crippen LogP contribution < -0.4 is 14.4 Å². The summed E-state index contributed by atoms with van der Waals surface area (Å²) in [5.74, 6) is 1.28. The molecule has 1 fully saturated rings. The summed E-state index contributed by atoms with van der Waals surface area (Å²) in [5, 5.41) is 22.5. The van der Waals surface area contributed by atoms with Crippen molar-refractivity contribution in [1.29, 1.82) is 5.26 Å². The smallest absolute Gasteiger partial charge is 0.122 e. The normalized spacial score (nSPS) is 15.6. The highest BCUT2D eigenvalue weighted by molar-refractivity contribution is 6.31. The SMILES string of the molecule is COc1cc(OC)cc(C2(O)CCN(c3c(C#N)cnc4ccc(Cl)cc34)CC2)c1. The molecule has 30 heavy (non-hydrogen) atoms. The molecular weight excluding hydrogens is 402 g/mol. The zero-order chi connectivity index (χ0) is 21.3. The molecule has 0 unspecified atom stereocenters. The molecule has 0 spiro atoms. The lowest BCUT2D eigenvalue weighted by Crippen LogP contribution is -2.43. The molecule has 4 rings (SSSR count). The van der Waals surface area contributed by atoms with Crippen molar-refractivity contribution in [2.24, 2.45) is 0 Å². The maximum Gasteiger partial charge on any atom is 0.122 e. The van der Waals surface area contributed by atoms with Gasteiger partial charge in [0, 0.05) is 35.8 Å². The molecule has 1 aliphatic rings. The van der Waals surface area contributed by atoms with Crippen LogP contribution in [0.4, 0.5) is 5.69 Å². The van der Waals surface area contributed by atoms with Gasteiger partial charge in [0.15, 0.2) is 0 Å². The van der Waals surface area contributed by atoms with E-state index in [1.165, 1.54) is 0 Å². The van der Waals surface area contributed by atoms with E-state index in [0.29, 0.717) is 48.0 Å². The van der Waals surface area contributed by atoms with Crippen molar-refractivity contribution in [2.75, 3.05) is 32.2 Å². The average Bonchev–Trinajstić information content (AvgIpc) is 2.78. The van der Waals surface area contributed by atoms with Crippen LogP contribution in [0.1, 0.15) is 24.0 Å². The number of aliphatic hydroxyl groups is 1. The number of pyridine rings is 1. The maximum absolute atomic E-state index is 11.4. The highest BCUT2D eigenvalue weighted by atomic mass is 35.5. The van der Waals surface area contributed by atoms with Crippen LogP contribution >= 0.6 is 11.6 Å². The van der Waals surface area contributed by atoms with Gasteiger partial charge in [-0.2, -0.15) is 5.26 Å². The number of nitriles is 1. The number of nitrogens with zero attached hydrogens (tertiary/aromatic N) is 3. The van der Waals surface area contributed by atoms with Gasteiger partial charge in [0.05, 0.1) is 36.6 Å². The van der Waals surface area contributed by atoms with Crippen molar-refractivity contribution < 1.29 is 14.6 Å². The number of aromatic nitrogens is 1. The predicted octanol–water partition coefficient (Wildman–Crippen LogP) is 4.27. The van der Waals surface area contributed by atoms with Crippen LogP contribution in [-0.2, 0) is 5.60 Å². The molecule has 2 heterocycles. The van der Waals surface area contributed by atoms with Crippen molar-refractivity contribution in [3.05, 3.63) is 58.7 Å². The molecule has 3 aromatic rings. The van der Waals surface area contributed by atoms with Crippen molar-refractivity contribution in [3.63, 3.8) is 0 Å². The number of hydrogen-bond acceptors (Lipinski definition) is 6. The Kier molecular flexibility index (Phi) is 5.42. The topological polar surface area (TPSA) is 78.6 Å². The van der Waals surface area contributed by atoms with Gasteiger partial charge in [-0.15, -0.1) is 0 Å². The minimum absolute atomic E-state index is 0.498. The molecule has 6 nitrogen and oxygen atoms in total. The van der Waals surface area contributed by atoms with E-state index in [2.05, 4.69) is 16.0 Å². The first-order valence-electron chi connectivity index (χ1n) is 9.66. The molecule has 0 bridgehead atoms. The maximum atomic E-state index is 11.4. The van der Waals surface area contributed by atoms with Gasteiger partial charge in [-0.3, -0.25) is 4.98 Å². The Hall–Kier alpha value is -3.01. The van der Waals surface area contributed by atoms with Crippen molar-refractivity contribution >= 4 is 28.2 Å². The van der Waals surface area contributed by atoms with Crippen LogP contribution in [0.3, 0.4) is 0 Å². The van der Waals surface area contributed by atoms with Gasteiger partial charge >= 0.3 is 0 Å². The van der Waals surface area contributed by atoms with Crippen LogP contribution in [0, 0.1) is 11.3 Å². The minimum Gasteiger partial charge on any atom is -0.497 e. The first-order chi connectivity index (χ1) is 14.5. The highest BCUT2D eigenvalue weighted by Gasteiger charge is 2.36. The largest absolute Gasteiger partial charge is 0.497 e. The van der Waals surface area contributed by atoms with Crippen LogP contribution in [0.5, 0.6) is 11.5 Å². The summed E-state index contributed by atoms with van der Waals surface area (Å²) in [6, 6.07) is 13.2. The van der Waals surface area contributed by atoms with Gasteiger partial charge in [0.25, 0.3) is 0 Å². The molecule has 1 aliphatic heterocycles. The number of fused-ring (bicyclic) bond motifs is 1. The Labute approximate surface area is 180 Å². The zero-order valence-corrected chi connectivity index (χ0v) is 17.6. The lowest BCUT2D eigenvalue weighted by molar-refractivity contribution is 0.0114. The molecule has 0 saturated carbocycles. The lowest BCUT2D eigenvalue weighted by atomic mass is 9.84. The van der Waals surface area contributed by atoms with Gasteiger partial charge in [-0.05, 0) is 48.7 Å². The Balaban J connectivity index is 1.67. The van der Waals surface area contributed by atoms with Crippen LogP contribution in [-0.4, -0.2) is 37.4 Å². The van der Waals surface area contributed by atoms with E-state index in [-0.39, 0.29) is 0 Å². The summed E-state index contributed by atoms with van der Waals surface area (Å²) < 4.78 is 10.7. The molecule has 1 N–H and O–H groups in total. The summed E-state index contributed by atoms with van der Waals surface area (Å²) in [6.45, 7) is 1.16. The van der Waals surface area contributed by atoms with Gasteiger partial charge < -0.3 is 19.5 Å². The van der Waals surface area contributed by atoms with Crippen molar-refractivity contribution in [1.82, 2.24) is 4.98 Å².